The predicted molar refractivity (Wildman–Crippen MR) is 102 cm³/mol. The van der Waals surface area contributed by atoms with E-state index in [4.69, 9.17) is 4.74 Å². The van der Waals surface area contributed by atoms with Gasteiger partial charge in [0.05, 0.1) is 19.8 Å². The summed E-state index contributed by atoms with van der Waals surface area (Å²) >= 11 is 0. The van der Waals surface area contributed by atoms with Crippen LogP contribution in [0.25, 0.3) is 0 Å². The maximum atomic E-state index is 12.3. The van der Waals surface area contributed by atoms with Crippen molar-refractivity contribution in [2.24, 2.45) is 5.92 Å². The molecule has 2 aromatic rings. The van der Waals surface area contributed by atoms with Gasteiger partial charge in [0.1, 0.15) is 5.75 Å². The summed E-state index contributed by atoms with van der Waals surface area (Å²) in [6, 6.07) is 17.2. The van der Waals surface area contributed by atoms with Crippen molar-refractivity contribution in [2.45, 2.75) is 18.9 Å². The molecule has 1 saturated heterocycles. The van der Waals surface area contributed by atoms with E-state index in [0.29, 0.717) is 6.54 Å². The molecule has 1 aliphatic rings. The van der Waals surface area contributed by atoms with E-state index in [1.165, 1.54) is 0 Å². The minimum atomic E-state index is -0.427. The van der Waals surface area contributed by atoms with E-state index < -0.39 is 6.10 Å². The summed E-state index contributed by atoms with van der Waals surface area (Å²) in [4.78, 5) is 14.4. The Morgan fingerprint density at radius 3 is 2.62 bits per heavy atom. The molecule has 0 aliphatic carbocycles. The second-order valence-corrected chi connectivity index (χ2v) is 6.75. The summed E-state index contributed by atoms with van der Waals surface area (Å²) in [5.41, 5.74) is 1.71. The van der Waals surface area contributed by atoms with Crippen molar-refractivity contribution < 1.29 is 14.6 Å². The number of nitrogens with one attached hydrogen (secondary N) is 1. The number of piperidine rings is 1. The van der Waals surface area contributed by atoms with Gasteiger partial charge in [-0.25, -0.2) is 0 Å². The topological polar surface area (TPSA) is 61.8 Å². The van der Waals surface area contributed by atoms with Gasteiger partial charge in [-0.15, -0.1) is 0 Å². The maximum Gasteiger partial charge on any atom is 0.238 e. The lowest BCUT2D eigenvalue weighted by Gasteiger charge is -2.34. The first kappa shape index (κ1) is 18.4. The quantitative estimate of drug-likeness (QED) is 0.837. The highest BCUT2D eigenvalue weighted by atomic mass is 16.5. The van der Waals surface area contributed by atoms with Crippen LogP contribution < -0.4 is 10.1 Å². The van der Waals surface area contributed by atoms with Crippen LogP contribution in [0.3, 0.4) is 0 Å². The summed E-state index contributed by atoms with van der Waals surface area (Å²) in [6.07, 6.45) is 1.36. The number of hydrogen-bond donors (Lipinski definition) is 2. The van der Waals surface area contributed by atoms with Crippen LogP contribution in [-0.2, 0) is 4.79 Å². The Morgan fingerprint density at radius 1 is 1.19 bits per heavy atom. The van der Waals surface area contributed by atoms with Crippen molar-refractivity contribution in [1.82, 2.24) is 4.90 Å². The molecule has 5 nitrogen and oxygen atoms in total. The zero-order chi connectivity index (χ0) is 18.4. The van der Waals surface area contributed by atoms with Gasteiger partial charge in [-0.1, -0.05) is 36.4 Å². The fourth-order valence-corrected chi connectivity index (χ4v) is 3.45. The molecular weight excluding hydrogens is 328 g/mol. The number of amides is 1. The number of aliphatic hydroxyl groups excluding tert-OH is 1. The van der Waals surface area contributed by atoms with E-state index >= 15 is 0 Å². The first-order valence-corrected chi connectivity index (χ1v) is 9.05. The Hall–Kier alpha value is -2.37. The van der Waals surface area contributed by atoms with Crippen molar-refractivity contribution in [2.75, 3.05) is 32.1 Å². The largest absolute Gasteiger partial charge is 0.497 e. The number of carbonyl (C=O) groups is 1. The standard InChI is InChI=1S/C21H26N2O3/c1-26-19-9-5-8-18(14-19)22-20(24)15-23-12-10-17(11-13-23)21(25)16-6-3-2-4-7-16/h2-9,14,17,21,25H,10-13,15H2,1H3,(H,22,24). The Morgan fingerprint density at radius 2 is 1.92 bits per heavy atom. The number of benzene rings is 2. The zero-order valence-corrected chi connectivity index (χ0v) is 15.1. The van der Waals surface area contributed by atoms with E-state index in [1.807, 2.05) is 48.5 Å². The van der Waals surface area contributed by atoms with Crippen LogP contribution in [0.2, 0.25) is 0 Å². The number of methoxy groups -OCH3 is 1. The van der Waals surface area contributed by atoms with E-state index in [9.17, 15) is 9.90 Å². The average molecular weight is 354 g/mol. The molecule has 0 aromatic heterocycles. The molecule has 5 heteroatoms. The number of ether oxygens (including phenoxy) is 1. The smallest absolute Gasteiger partial charge is 0.238 e. The van der Waals surface area contributed by atoms with Crippen LogP contribution >= 0.6 is 0 Å². The van der Waals surface area contributed by atoms with Crippen LogP contribution in [0.1, 0.15) is 24.5 Å². The summed E-state index contributed by atoms with van der Waals surface area (Å²) in [5.74, 6) is 0.939. The van der Waals surface area contributed by atoms with Gasteiger partial charge in [0, 0.05) is 11.8 Å². The van der Waals surface area contributed by atoms with Gasteiger partial charge in [0.2, 0.25) is 5.91 Å². The maximum absolute atomic E-state index is 12.3. The zero-order valence-electron chi connectivity index (χ0n) is 15.1. The lowest BCUT2D eigenvalue weighted by Crippen LogP contribution is -2.40. The molecule has 1 unspecified atom stereocenters. The molecule has 0 radical (unpaired) electrons. The summed E-state index contributed by atoms with van der Waals surface area (Å²) in [7, 11) is 1.61. The number of likely N-dealkylation sites (tertiary alicyclic amines) is 1. The van der Waals surface area contributed by atoms with E-state index in [1.54, 1.807) is 13.2 Å². The van der Waals surface area contributed by atoms with Crippen molar-refractivity contribution in [3.8, 4) is 5.75 Å². The van der Waals surface area contributed by atoms with Crippen LogP contribution in [0, 0.1) is 5.92 Å². The normalized spacial score (nSPS) is 16.8. The van der Waals surface area contributed by atoms with Gasteiger partial charge in [-0.3, -0.25) is 9.69 Å². The monoisotopic (exact) mass is 354 g/mol. The molecule has 3 rings (SSSR count). The second-order valence-electron chi connectivity index (χ2n) is 6.75. The fourth-order valence-electron chi connectivity index (χ4n) is 3.45. The third-order valence-corrected chi connectivity index (χ3v) is 4.94. The SMILES string of the molecule is COc1cccc(NC(=O)CN2CCC(C(O)c3ccccc3)CC2)c1. The lowest BCUT2D eigenvalue weighted by molar-refractivity contribution is -0.117. The number of anilines is 1. The summed E-state index contributed by atoms with van der Waals surface area (Å²) < 4.78 is 5.17. The molecular formula is C21H26N2O3. The van der Waals surface area contributed by atoms with Crippen LogP contribution in [-0.4, -0.2) is 42.7 Å². The number of nitrogens with zero attached hydrogens (tertiary/aromatic N) is 1. The molecule has 2 N–H and O–H groups in total. The van der Waals surface area contributed by atoms with Crippen LogP contribution in [0.5, 0.6) is 5.75 Å². The number of rotatable bonds is 6. The third kappa shape index (κ3) is 4.84. The molecule has 0 saturated carbocycles. The molecule has 2 aromatic carbocycles. The number of carbonyl (C=O) groups excluding carboxylic acids is 1. The van der Waals surface area contributed by atoms with Gasteiger partial charge in [0.25, 0.3) is 0 Å². The Bertz CT molecular complexity index is 712. The van der Waals surface area contributed by atoms with Crippen molar-refractivity contribution in [3.63, 3.8) is 0 Å². The summed E-state index contributed by atoms with van der Waals surface area (Å²) in [5, 5.41) is 13.5. The van der Waals surface area contributed by atoms with Crippen LogP contribution in [0.15, 0.2) is 54.6 Å². The minimum absolute atomic E-state index is 0.0275. The molecule has 26 heavy (non-hydrogen) atoms. The average Bonchev–Trinajstić information content (AvgIpc) is 2.69. The lowest BCUT2D eigenvalue weighted by atomic mass is 9.87. The highest BCUT2D eigenvalue weighted by molar-refractivity contribution is 5.92. The van der Waals surface area contributed by atoms with Crippen molar-refractivity contribution in [1.29, 1.82) is 0 Å². The fraction of sp³-hybridized carbons (Fsp3) is 0.381. The molecule has 138 valence electrons. The molecule has 1 fully saturated rings. The van der Waals surface area contributed by atoms with E-state index in [-0.39, 0.29) is 11.8 Å². The van der Waals surface area contributed by atoms with E-state index in [2.05, 4.69) is 10.2 Å². The highest BCUT2D eigenvalue weighted by Crippen LogP contribution is 2.30. The Labute approximate surface area is 154 Å². The molecule has 1 heterocycles. The summed E-state index contributed by atoms with van der Waals surface area (Å²) in [6.45, 7) is 2.01. The first-order chi connectivity index (χ1) is 12.7. The first-order valence-electron chi connectivity index (χ1n) is 9.05. The van der Waals surface area contributed by atoms with E-state index in [0.717, 1.165) is 42.9 Å². The Kier molecular flexibility index (Phi) is 6.26. The molecule has 1 aliphatic heterocycles. The van der Waals surface area contributed by atoms with Crippen molar-refractivity contribution >= 4 is 11.6 Å². The number of hydrogen-bond acceptors (Lipinski definition) is 4. The van der Waals surface area contributed by atoms with Gasteiger partial charge in [-0.2, -0.15) is 0 Å². The Balaban J connectivity index is 1.47. The molecule has 1 atom stereocenters. The number of aliphatic hydroxyl groups is 1. The van der Waals surface area contributed by atoms with Gasteiger partial charge in [-0.05, 0) is 49.5 Å². The minimum Gasteiger partial charge on any atom is -0.497 e. The van der Waals surface area contributed by atoms with Gasteiger partial charge in [0.15, 0.2) is 0 Å². The highest BCUT2D eigenvalue weighted by Gasteiger charge is 2.26. The second kappa shape index (κ2) is 8.83. The molecule has 1 amide bonds. The van der Waals surface area contributed by atoms with Gasteiger partial charge >= 0.3 is 0 Å². The molecule has 0 bridgehead atoms. The molecule has 0 spiro atoms. The van der Waals surface area contributed by atoms with Crippen molar-refractivity contribution in [3.05, 3.63) is 60.2 Å². The van der Waals surface area contributed by atoms with Gasteiger partial charge < -0.3 is 15.2 Å². The predicted octanol–water partition coefficient (Wildman–Crippen LogP) is 3.08. The third-order valence-electron chi connectivity index (χ3n) is 4.94. The van der Waals surface area contributed by atoms with Crippen LogP contribution in [0.4, 0.5) is 5.69 Å².